The average molecular weight is 469 g/mol. The van der Waals surface area contributed by atoms with Crippen LogP contribution < -0.4 is 0 Å². The first-order chi connectivity index (χ1) is 13.7. The molecule has 0 bridgehead atoms. The Morgan fingerprint density at radius 2 is 1.87 bits per heavy atom. The van der Waals surface area contributed by atoms with Gasteiger partial charge in [-0.1, -0.05) is 13.0 Å². The molecule has 31 heavy (non-hydrogen) atoms. The minimum Gasteiger partial charge on any atom is -0.506 e. The van der Waals surface area contributed by atoms with Crippen LogP contribution >= 0.6 is 0 Å². The minimum absolute atomic E-state index is 0. The molecule has 0 atom stereocenters. The Kier molecular flexibility index (Phi) is 13.8. The number of aromatic hydroxyl groups is 1. The Morgan fingerprint density at radius 1 is 1.16 bits per heavy atom. The van der Waals surface area contributed by atoms with Crippen molar-refractivity contribution in [2.24, 2.45) is 10.2 Å². The Labute approximate surface area is 224 Å². The van der Waals surface area contributed by atoms with Crippen molar-refractivity contribution in [3.8, 4) is 5.75 Å². The first-order valence-electron chi connectivity index (χ1n) is 8.77. The smallest absolute Gasteiger partial charge is 0.335 e. The summed E-state index contributed by atoms with van der Waals surface area (Å²) in [5, 5.41) is 28.4. The molecule has 14 heteroatoms. The molecule has 1 heterocycles. The summed E-state index contributed by atoms with van der Waals surface area (Å²) in [6.07, 6.45) is 2.60. The number of phenols is 1. The number of hydrogen-bond donors (Lipinski definition) is 2. The summed E-state index contributed by atoms with van der Waals surface area (Å²) >= 11 is 0. The van der Waals surface area contributed by atoms with Gasteiger partial charge in [0.25, 0.3) is 5.69 Å². The standard InChI is InChI=1S/C17H21N5O6S.2Na/c1-2-9-21(29(26,27)28)10-3-4-13-5-7-15(16(23)11-13)19-20-17-8-6-14(12-18-17)22(24)25;;/h5-8,11-12,23H,2-4,9-10H2,1H3,(H,26,27,28);;. The average Bonchev–Trinajstić information content (AvgIpc) is 2.66. The van der Waals surface area contributed by atoms with Crippen molar-refractivity contribution in [3.05, 3.63) is 52.2 Å². The van der Waals surface area contributed by atoms with Gasteiger partial charge in [-0.25, -0.2) is 4.98 Å². The Morgan fingerprint density at radius 3 is 2.39 bits per heavy atom. The van der Waals surface area contributed by atoms with Gasteiger partial charge in [0.2, 0.25) is 0 Å². The second-order valence-electron chi connectivity index (χ2n) is 6.14. The zero-order valence-corrected chi connectivity index (χ0v) is 22.5. The summed E-state index contributed by atoms with van der Waals surface area (Å²) in [6, 6.07) is 7.35. The number of pyridine rings is 1. The van der Waals surface area contributed by atoms with Crippen molar-refractivity contribution >= 4 is 86.6 Å². The number of nitrogens with zero attached hydrogens (tertiary/aromatic N) is 5. The molecule has 0 saturated carbocycles. The van der Waals surface area contributed by atoms with E-state index in [4.69, 9.17) is 0 Å². The van der Waals surface area contributed by atoms with Crippen LogP contribution in [0.2, 0.25) is 0 Å². The van der Waals surface area contributed by atoms with Crippen molar-refractivity contribution in [1.82, 2.24) is 9.29 Å². The summed E-state index contributed by atoms with van der Waals surface area (Å²) in [5.74, 6) is 0.0358. The molecule has 2 N–H and O–H groups in total. The normalized spacial score (nSPS) is 11.2. The number of aryl methyl sites for hydroxylation is 1. The topological polar surface area (TPSA) is 159 Å². The molecular weight excluding hydrogens is 448 g/mol. The van der Waals surface area contributed by atoms with Gasteiger partial charge < -0.3 is 5.11 Å². The van der Waals surface area contributed by atoms with E-state index < -0.39 is 15.2 Å². The summed E-state index contributed by atoms with van der Waals surface area (Å²) in [5.41, 5.74) is 0.795. The van der Waals surface area contributed by atoms with Crippen LogP contribution in [-0.4, -0.2) is 104 Å². The SMILES string of the molecule is CCCN(CCCc1ccc(N=Nc2ccc([N+](=O)[O-])cn2)c(O)c1)S(=O)(=O)O.[Na].[Na]. The Hall–Kier alpha value is -0.960. The Balaban J connectivity index is 0.00000450. The summed E-state index contributed by atoms with van der Waals surface area (Å²) in [6.45, 7) is 2.22. The molecule has 2 radical (unpaired) electrons. The number of nitro groups is 1. The zero-order chi connectivity index (χ0) is 21.4. The first-order valence-corrected chi connectivity index (χ1v) is 10.2. The maximum atomic E-state index is 11.3. The van der Waals surface area contributed by atoms with E-state index in [-0.39, 0.29) is 95.1 Å². The monoisotopic (exact) mass is 469 g/mol. The second kappa shape index (κ2) is 14.2. The van der Waals surface area contributed by atoms with E-state index >= 15 is 0 Å². The molecule has 1 aromatic heterocycles. The van der Waals surface area contributed by atoms with Crippen LogP contribution in [0.15, 0.2) is 46.8 Å². The molecule has 0 amide bonds. The van der Waals surface area contributed by atoms with Gasteiger partial charge >= 0.3 is 10.3 Å². The van der Waals surface area contributed by atoms with E-state index in [1.165, 1.54) is 18.2 Å². The number of benzene rings is 1. The molecule has 11 nitrogen and oxygen atoms in total. The maximum Gasteiger partial charge on any atom is 0.335 e. The third-order valence-electron chi connectivity index (χ3n) is 3.92. The number of rotatable bonds is 10. The van der Waals surface area contributed by atoms with Crippen molar-refractivity contribution in [3.63, 3.8) is 0 Å². The van der Waals surface area contributed by atoms with Gasteiger partial charge in [0.05, 0.1) is 4.92 Å². The van der Waals surface area contributed by atoms with E-state index in [1.54, 1.807) is 12.1 Å². The maximum absolute atomic E-state index is 11.3. The summed E-state index contributed by atoms with van der Waals surface area (Å²) in [7, 11) is -4.22. The molecule has 0 aliphatic rings. The zero-order valence-electron chi connectivity index (χ0n) is 17.7. The fourth-order valence-electron chi connectivity index (χ4n) is 2.51. The van der Waals surface area contributed by atoms with Crippen molar-refractivity contribution in [1.29, 1.82) is 0 Å². The van der Waals surface area contributed by atoms with Crippen molar-refractivity contribution in [2.45, 2.75) is 26.2 Å². The molecule has 2 rings (SSSR count). The predicted octanol–water partition coefficient (Wildman–Crippen LogP) is 2.80. The molecule has 0 aliphatic heterocycles. The van der Waals surface area contributed by atoms with E-state index in [0.717, 1.165) is 16.1 Å². The third kappa shape index (κ3) is 10.0. The van der Waals surface area contributed by atoms with Crippen molar-refractivity contribution < 1.29 is 23.0 Å². The molecule has 1 aromatic carbocycles. The van der Waals surface area contributed by atoms with Crippen molar-refractivity contribution in [2.75, 3.05) is 13.1 Å². The molecule has 0 aliphatic carbocycles. The molecule has 0 spiro atoms. The predicted molar refractivity (Wildman–Crippen MR) is 116 cm³/mol. The molecule has 0 fully saturated rings. The van der Waals surface area contributed by atoms with Gasteiger partial charge in [0.1, 0.15) is 17.6 Å². The molecule has 158 valence electrons. The third-order valence-corrected chi connectivity index (χ3v) is 4.93. The first kappa shape index (κ1) is 30.0. The fraction of sp³-hybridized carbons (Fsp3) is 0.353. The molecule has 2 aromatic rings. The number of phenolic OH excluding ortho intramolecular Hbond substituents is 1. The fourth-order valence-corrected chi connectivity index (χ4v) is 3.28. The van der Waals surface area contributed by atoms with Crippen LogP contribution in [0.5, 0.6) is 5.75 Å². The van der Waals surface area contributed by atoms with Crippen LogP contribution in [0.25, 0.3) is 0 Å². The summed E-state index contributed by atoms with van der Waals surface area (Å²) < 4.78 is 32.8. The van der Waals surface area contributed by atoms with Crippen LogP contribution in [0, 0.1) is 10.1 Å². The van der Waals surface area contributed by atoms with E-state index in [9.17, 15) is 28.2 Å². The molecular formula is C17H21N5Na2O6S. The second-order valence-corrected chi connectivity index (χ2v) is 7.55. The minimum atomic E-state index is -4.22. The van der Waals surface area contributed by atoms with Crippen LogP contribution in [-0.2, 0) is 16.7 Å². The number of aromatic nitrogens is 1. The van der Waals surface area contributed by atoms with Crippen LogP contribution in [0.1, 0.15) is 25.3 Å². The van der Waals surface area contributed by atoms with Gasteiger partial charge in [-0.05, 0) is 43.0 Å². The Bertz CT molecular complexity index is 989. The van der Waals surface area contributed by atoms with Gasteiger partial charge in [-0.15, -0.1) is 10.2 Å². The number of hydrogen-bond acceptors (Lipinski definition) is 8. The van der Waals surface area contributed by atoms with Crippen LogP contribution in [0.3, 0.4) is 0 Å². The van der Waals surface area contributed by atoms with Gasteiger partial charge in [-0.3, -0.25) is 14.7 Å². The van der Waals surface area contributed by atoms with Crippen LogP contribution in [0.4, 0.5) is 17.2 Å². The van der Waals surface area contributed by atoms with E-state index in [0.29, 0.717) is 19.3 Å². The van der Waals surface area contributed by atoms with Gasteiger partial charge in [0, 0.05) is 78.3 Å². The molecule has 0 unspecified atom stereocenters. The van der Waals surface area contributed by atoms with E-state index in [2.05, 4.69) is 15.2 Å². The van der Waals surface area contributed by atoms with Gasteiger partial charge in [0.15, 0.2) is 5.82 Å². The van der Waals surface area contributed by atoms with E-state index in [1.807, 2.05) is 6.92 Å². The number of azo groups is 1. The quantitative estimate of drug-likeness (QED) is 0.178. The summed E-state index contributed by atoms with van der Waals surface area (Å²) in [4.78, 5) is 13.8. The molecule has 0 saturated heterocycles. The largest absolute Gasteiger partial charge is 0.506 e. The van der Waals surface area contributed by atoms with Gasteiger partial charge in [-0.2, -0.15) is 12.7 Å².